The van der Waals surface area contributed by atoms with E-state index in [9.17, 15) is 9.90 Å². The standard InChI is InChI=1S/C6H9N3O2/c1-2-5(6(10)11)9-4-7-3-8-9/h3-5H,2H2,1H3,(H,10,11)/p-1. The highest BCUT2D eigenvalue weighted by Gasteiger charge is 2.08. The second kappa shape index (κ2) is 3.14. The number of hydrogen-bond donors (Lipinski definition) is 0. The zero-order chi connectivity index (χ0) is 8.27. The molecule has 1 atom stereocenters. The number of carbonyl (C=O) groups excluding carboxylic acids is 1. The third-order valence-corrected chi connectivity index (χ3v) is 1.41. The first-order chi connectivity index (χ1) is 5.25. The molecule has 0 aromatic carbocycles. The summed E-state index contributed by atoms with van der Waals surface area (Å²) in [6.07, 6.45) is 3.11. The van der Waals surface area contributed by atoms with Crippen molar-refractivity contribution in [3.05, 3.63) is 12.7 Å². The minimum atomic E-state index is -1.13. The predicted molar refractivity (Wildman–Crippen MR) is 34.4 cm³/mol. The summed E-state index contributed by atoms with van der Waals surface area (Å²) in [4.78, 5) is 14.1. The van der Waals surface area contributed by atoms with Crippen LogP contribution in [0, 0.1) is 0 Å². The molecule has 0 amide bonds. The Hall–Kier alpha value is -1.39. The molecule has 1 heterocycles. The third-order valence-electron chi connectivity index (χ3n) is 1.41. The van der Waals surface area contributed by atoms with Gasteiger partial charge in [-0.1, -0.05) is 6.92 Å². The Morgan fingerprint density at radius 3 is 2.91 bits per heavy atom. The summed E-state index contributed by atoms with van der Waals surface area (Å²) in [5.74, 6) is -1.13. The first-order valence-electron chi connectivity index (χ1n) is 3.30. The van der Waals surface area contributed by atoms with Crippen molar-refractivity contribution in [1.29, 1.82) is 0 Å². The van der Waals surface area contributed by atoms with Crippen molar-refractivity contribution in [3.8, 4) is 0 Å². The topological polar surface area (TPSA) is 70.8 Å². The molecular formula is C6H8N3O2-. The Labute approximate surface area is 63.7 Å². The van der Waals surface area contributed by atoms with Crippen molar-refractivity contribution >= 4 is 5.97 Å². The van der Waals surface area contributed by atoms with Gasteiger partial charge < -0.3 is 9.90 Å². The van der Waals surface area contributed by atoms with Gasteiger partial charge >= 0.3 is 0 Å². The van der Waals surface area contributed by atoms with Crippen molar-refractivity contribution in [2.45, 2.75) is 19.4 Å². The SMILES string of the molecule is CCC(C(=O)[O-])n1cncn1. The van der Waals surface area contributed by atoms with Crippen LogP contribution in [0.2, 0.25) is 0 Å². The zero-order valence-electron chi connectivity index (χ0n) is 6.10. The van der Waals surface area contributed by atoms with E-state index in [1.807, 2.05) is 0 Å². The molecule has 1 aromatic heterocycles. The van der Waals surface area contributed by atoms with Crippen LogP contribution in [-0.4, -0.2) is 20.7 Å². The van der Waals surface area contributed by atoms with Crippen LogP contribution in [0.1, 0.15) is 19.4 Å². The van der Waals surface area contributed by atoms with Gasteiger partial charge in [-0.15, -0.1) is 0 Å². The Morgan fingerprint density at radius 2 is 2.55 bits per heavy atom. The average molecular weight is 154 g/mol. The van der Waals surface area contributed by atoms with Gasteiger partial charge in [-0.3, -0.25) is 0 Å². The van der Waals surface area contributed by atoms with Crippen LogP contribution in [0.15, 0.2) is 12.7 Å². The van der Waals surface area contributed by atoms with Gasteiger partial charge in [0.2, 0.25) is 0 Å². The van der Waals surface area contributed by atoms with E-state index in [0.29, 0.717) is 6.42 Å². The molecule has 0 spiro atoms. The minimum Gasteiger partial charge on any atom is -0.548 e. The summed E-state index contributed by atoms with van der Waals surface area (Å²) in [6, 6.07) is -0.697. The Morgan fingerprint density at radius 1 is 1.82 bits per heavy atom. The van der Waals surface area contributed by atoms with Crippen molar-refractivity contribution in [2.24, 2.45) is 0 Å². The van der Waals surface area contributed by atoms with Crippen molar-refractivity contribution < 1.29 is 9.90 Å². The molecule has 11 heavy (non-hydrogen) atoms. The van der Waals surface area contributed by atoms with Crippen LogP contribution in [0.5, 0.6) is 0 Å². The van der Waals surface area contributed by atoms with E-state index >= 15 is 0 Å². The monoisotopic (exact) mass is 154 g/mol. The number of hydrogen-bond acceptors (Lipinski definition) is 4. The van der Waals surface area contributed by atoms with Gasteiger partial charge in [-0.05, 0) is 6.42 Å². The molecule has 0 saturated carbocycles. The molecule has 5 nitrogen and oxygen atoms in total. The highest BCUT2D eigenvalue weighted by atomic mass is 16.4. The Balaban J connectivity index is 2.79. The van der Waals surface area contributed by atoms with Gasteiger partial charge in [0.05, 0.1) is 12.0 Å². The third kappa shape index (κ3) is 1.54. The average Bonchev–Trinajstić information content (AvgIpc) is 2.40. The normalized spacial score (nSPS) is 12.8. The Bertz CT molecular complexity index is 232. The molecule has 0 N–H and O–H groups in total. The summed E-state index contributed by atoms with van der Waals surface area (Å²) in [6.45, 7) is 1.75. The summed E-state index contributed by atoms with van der Waals surface area (Å²) >= 11 is 0. The molecule has 0 aliphatic carbocycles. The molecule has 0 bridgehead atoms. The van der Waals surface area contributed by atoms with Gasteiger partial charge in [-0.2, -0.15) is 5.10 Å². The molecule has 1 aromatic rings. The molecular weight excluding hydrogens is 146 g/mol. The smallest absolute Gasteiger partial charge is 0.137 e. The summed E-state index contributed by atoms with van der Waals surface area (Å²) in [5.41, 5.74) is 0. The molecule has 60 valence electrons. The number of aliphatic carboxylic acids is 1. The second-order valence-corrected chi connectivity index (χ2v) is 2.12. The van der Waals surface area contributed by atoms with Crippen molar-refractivity contribution in [3.63, 3.8) is 0 Å². The van der Waals surface area contributed by atoms with Crippen LogP contribution < -0.4 is 5.11 Å². The van der Waals surface area contributed by atoms with Crippen LogP contribution in [0.4, 0.5) is 0 Å². The molecule has 0 aliphatic rings. The number of rotatable bonds is 3. The van der Waals surface area contributed by atoms with Crippen LogP contribution in [0.3, 0.4) is 0 Å². The fourth-order valence-corrected chi connectivity index (χ4v) is 0.840. The summed E-state index contributed by atoms with van der Waals surface area (Å²) in [5, 5.41) is 14.1. The van der Waals surface area contributed by atoms with E-state index in [1.54, 1.807) is 6.92 Å². The lowest BCUT2D eigenvalue weighted by Gasteiger charge is -2.14. The second-order valence-electron chi connectivity index (χ2n) is 2.12. The van der Waals surface area contributed by atoms with Gasteiger partial charge in [0.1, 0.15) is 12.7 Å². The lowest BCUT2D eigenvalue weighted by atomic mass is 10.2. The van der Waals surface area contributed by atoms with Gasteiger partial charge in [0.25, 0.3) is 0 Å². The molecule has 0 fully saturated rings. The minimum absolute atomic E-state index is 0.450. The highest BCUT2D eigenvalue weighted by molar-refractivity contribution is 5.69. The quantitative estimate of drug-likeness (QED) is 0.558. The lowest BCUT2D eigenvalue weighted by Crippen LogP contribution is -2.33. The lowest BCUT2D eigenvalue weighted by molar-refractivity contribution is -0.310. The number of aromatic nitrogens is 3. The van der Waals surface area contributed by atoms with E-state index < -0.39 is 12.0 Å². The van der Waals surface area contributed by atoms with E-state index in [4.69, 9.17) is 0 Å². The first-order valence-corrected chi connectivity index (χ1v) is 3.30. The molecule has 0 saturated heterocycles. The summed E-state index contributed by atoms with van der Waals surface area (Å²) in [7, 11) is 0. The number of nitrogens with zero attached hydrogens (tertiary/aromatic N) is 3. The summed E-state index contributed by atoms with van der Waals surface area (Å²) < 4.78 is 1.27. The maximum atomic E-state index is 10.4. The largest absolute Gasteiger partial charge is 0.548 e. The van der Waals surface area contributed by atoms with Crippen LogP contribution in [-0.2, 0) is 4.79 Å². The number of carboxylic acid groups (broad SMARTS) is 1. The van der Waals surface area contributed by atoms with E-state index in [0.717, 1.165) is 0 Å². The van der Waals surface area contributed by atoms with E-state index in [1.165, 1.54) is 17.3 Å². The van der Waals surface area contributed by atoms with Gasteiger partial charge in [0, 0.05) is 0 Å². The van der Waals surface area contributed by atoms with E-state index in [2.05, 4.69) is 10.1 Å². The molecule has 0 radical (unpaired) electrons. The molecule has 5 heteroatoms. The molecule has 1 unspecified atom stereocenters. The number of carboxylic acids is 1. The maximum absolute atomic E-state index is 10.4. The molecule has 0 aliphatic heterocycles. The maximum Gasteiger partial charge on any atom is 0.137 e. The van der Waals surface area contributed by atoms with Gasteiger partial charge in [-0.25, -0.2) is 9.67 Å². The molecule has 1 rings (SSSR count). The zero-order valence-corrected chi connectivity index (χ0v) is 6.10. The van der Waals surface area contributed by atoms with Crippen molar-refractivity contribution in [1.82, 2.24) is 14.8 Å². The van der Waals surface area contributed by atoms with Crippen LogP contribution in [0.25, 0.3) is 0 Å². The first kappa shape index (κ1) is 7.71. The fraction of sp³-hybridized carbons (Fsp3) is 0.500. The van der Waals surface area contributed by atoms with Crippen molar-refractivity contribution in [2.75, 3.05) is 0 Å². The Kier molecular flexibility index (Phi) is 2.20. The van der Waals surface area contributed by atoms with Crippen LogP contribution >= 0.6 is 0 Å². The van der Waals surface area contributed by atoms with Gasteiger partial charge in [0.15, 0.2) is 0 Å². The fourth-order valence-electron chi connectivity index (χ4n) is 0.840. The number of carbonyl (C=O) groups is 1. The van der Waals surface area contributed by atoms with E-state index in [-0.39, 0.29) is 0 Å². The predicted octanol–water partition coefficient (Wildman–Crippen LogP) is -1.02. The highest BCUT2D eigenvalue weighted by Crippen LogP contribution is 2.05.